The predicted octanol–water partition coefficient (Wildman–Crippen LogP) is 5.17. The molecule has 0 radical (unpaired) electrons. The van der Waals surface area contributed by atoms with Crippen LogP contribution in [0, 0.1) is 5.41 Å². The van der Waals surface area contributed by atoms with E-state index in [2.05, 4.69) is 31.9 Å². The van der Waals surface area contributed by atoms with Crippen LogP contribution in [0.15, 0.2) is 54.6 Å². The summed E-state index contributed by atoms with van der Waals surface area (Å²) in [5, 5.41) is 0. The average molecular weight is 424 g/mol. The Kier molecular flexibility index (Phi) is 3.94. The van der Waals surface area contributed by atoms with Crippen LogP contribution in [0.2, 0.25) is 0 Å². The number of carbonyl (C=O) groups excluding carboxylic acids is 1. The molecule has 0 saturated heterocycles. The van der Waals surface area contributed by atoms with Crippen molar-refractivity contribution in [1.29, 1.82) is 0 Å². The Balaban J connectivity index is 1.95. The van der Waals surface area contributed by atoms with Gasteiger partial charge in [-0.15, -0.1) is 0 Å². The van der Waals surface area contributed by atoms with E-state index in [4.69, 9.17) is 4.74 Å². The van der Waals surface area contributed by atoms with Gasteiger partial charge in [-0.1, -0.05) is 74.3 Å². The molecule has 0 spiro atoms. The van der Waals surface area contributed by atoms with Crippen molar-refractivity contribution in [2.45, 2.75) is 16.1 Å². The molecular formula is C18H16Br2O2. The lowest BCUT2D eigenvalue weighted by atomic mass is 9.92. The van der Waals surface area contributed by atoms with Crippen LogP contribution in [0.1, 0.15) is 28.8 Å². The predicted molar refractivity (Wildman–Crippen MR) is 95.2 cm³/mol. The SMILES string of the molecule is COc1ccc([C@H]2C(Br)(Br)[C@]2(C)C(=O)c2ccccc2)cc1. The first-order valence-corrected chi connectivity index (χ1v) is 8.63. The Morgan fingerprint density at radius 3 is 2.18 bits per heavy atom. The van der Waals surface area contributed by atoms with Crippen LogP contribution in [0.25, 0.3) is 0 Å². The summed E-state index contributed by atoms with van der Waals surface area (Å²) in [7, 11) is 1.65. The van der Waals surface area contributed by atoms with E-state index < -0.39 is 8.65 Å². The second-order valence-corrected chi connectivity index (χ2v) is 9.29. The van der Waals surface area contributed by atoms with Gasteiger partial charge in [0.05, 0.1) is 12.5 Å². The zero-order chi connectivity index (χ0) is 16.0. The van der Waals surface area contributed by atoms with E-state index in [1.807, 2.05) is 61.5 Å². The third-order valence-electron chi connectivity index (χ3n) is 4.51. The molecule has 0 bridgehead atoms. The Bertz CT molecular complexity index is 695. The van der Waals surface area contributed by atoms with E-state index >= 15 is 0 Å². The molecule has 0 aliphatic heterocycles. The average Bonchev–Trinajstić information content (AvgIpc) is 3.01. The number of alkyl halides is 2. The van der Waals surface area contributed by atoms with Crippen molar-refractivity contribution in [2.24, 2.45) is 5.41 Å². The van der Waals surface area contributed by atoms with Crippen molar-refractivity contribution >= 4 is 37.6 Å². The maximum atomic E-state index is 13.0. The summed E-state index contributed by atoms with van der Waals surface area (Å²) in [6.45, 7) is 2.00. The second-order valence-electron chi connectivity index (χ2n) is 5.73. The van der Waals surface area contributed by atoms with E-state index in [9.17, 15) is 4.79 Å². The zero-order valence-electron chi connectivity index (χ0n) is 12.3. The van der Waals surface area contributed by atoms with Gasteiger partial charge in [-0.05, 0) is 24.6 Å². The lowest BCUT2D eigenvalue weighted by Crippen LogP contribution is -2.18. The molecule has 22 heavy (non-hydrogen) atoms. The van der Waals surface area contributed by atoms with Crippen LogP contribution in [0.5, 0.6) is 5.75 Å². The smallest absolute Gasteiger partial charge is 0.171 e. The maximum Gasteiger partial charge on any atom is 0.171 e. The molecule has 1 aliphatic rings. The monoisotopic (exact) mass is 422 g/mol. The molecule has 114 valence electrons. The number of halogens is 2. The summed E-state index contributed by atoms with van der Waals surface area (Å²) in [4.78, 5) is 13.0. The summed E-state index contributed by atoms with van der Waals surface area (Å²) in [6, 6.07) is 17.3. The van der Waals surface area contributed by atoms with Crippen molar-refractivity contribution in [3.63, 3.8) is 0 Å². The van der Waals surface area contributed by atoms with Gasteiger partial charge < -0.3 is 4.74 Å². The first-order chi connectivity index (χ1) is 10.4. The Hall–Kier alpha value is -1.13. The molecule has 2 nitrogen and oxygen atoms in total. The molecule has 0 unspecified atom stereocenters. The number of hydrogen-bond donors (Lipinski definition) is 0. The number of carbonyl (C=O) groups is 1. The number of ether oxygens (including phenoxy) is 1. The highest BCUT2D eigenvalue weighted by Crippen LogP contribution is 2.76. The number of methoxy groups -OCH3 is 1. The van der Waals surface area contributed by atoms with Gasteiger partial charge in [0.1, 0.15) is 8.98 Å². The standard InChI is InChI=1S/C18H16Br2O2/c1-17(16(21)13-6-4-3-5-7-13)15(18(17,19)20)12-8-10-14(22-2)11-9-12/h3-11,15H,1-2H3/t15-,17+/m1/s1. The van der Waals surface area contributed by atoms with Crippen LogP contribution in [0.3, 0.4) is 0 Å². The van der Waals surface area contributed by atoms with Crippen LogP contribution in [0.4, 0.5) is 0 Å². The van der Waals surface area contributed by atoms with E-state index in [0.717, 1.165) is 16.9 Å². The maximum absolute atomic E-state index is 13.0. The van der Waals surface area contributed by atoms with Crippen molar-refractivity contribution in [3.8, 4) is 5.75 Å². The summed E-state index contributed by atoms with van der Waals surface area (Å²) >= 11 is 7.42. The third kappa shape index (κ3) is 2.24. The topological polar surface area (TPSA) is 26.3 Å². The van der Waals surface area contributed by atoms with Gasteiger partial charge in [0.15, 0.2) is 5.78 Å². The van der Waals surface area contributed by atoms with Gasteiger partial charge in [0, 0.05) is 11.5 Å². The van der Waals surface area contributed by atoms with Crippen LogP contribution in [-0.2, 0) is 0 Å². The summed E-state index contributed by atoms with van der Waals surface area (Å²) in [5.41, 5.74) is 1.33. The summed E-state index contributed by atoms with van der Waals surface area (Å²) in [5.74, 6) is 1.02. The van der Waals surface area contributed by atoms with Crippen molar-refractivity contribution in [3.05, 3.63) is 65.7 Å². The Morgan fingerprint density at radius 2 is 1.64 bits per heavy atom. The molecular weight excluding hydrogens is 408 g/mol. The minimum Gasteiger partial charge on any atom is -0.497 e. The van der Waals surface area contributed by atoms with Gasteiger partial charge in [-0.2, -0.15) is 0 Å². The fraction of sp³-hybridized carbons (Fsp3) is 0.278. The first-order valence-electron chi connectivity index (χ1n) is 7.04. The molecule has 2 atom stereocenters. The minimum atomic E-state index is -0.525. The van der Waals surface area contributed by atoms with Gasteiger partial charge in [-0.3, -0.25) is 4.79 Å². The quantitative estimate of drug-likeness (QED) is 0.501. The number of ketones is 1. The van der Waals surface area contributed by atoms with Crippen molar-refractivity contribution in [1.82, 2.24) is 0 Å². The molecule has 4 heteroatoms. The second kappa shape index (κ2) is 5.50. The molecule has 0 N–H and O–H groups in total. The van der Waals surface area contributed by atoms with Gasteiger partial charge in [-0.25, -0.2) is 0 Å². The highest BCUT2D eigenvalue weighted by molar-refractivity contribution is 9.25. The molecule has 2 aromatic rings. The lowest BCUT2D eigenvalue weighted by Gasteiger charge is -2.11. The third-order valence-corrected chi connectivity index (χ3v) is 7.07. The highest BCUT2D eigenvalue weighted by atomic mass is 79.9. The van der Waals surface area contributed by atoms with E-state index in [1.165, 1.54) is 0 Å². The molecule has 0 heterocycles. The fourth-order valence-corrected chi connectivity index (χ4v) is 5.08. The first kappa shape index (κ1) is 15.8. The fourth-order valence-electron chi connectivity index (χ4n) is 3.04. The largest absolute Gasteiger partial charge is 0.497 e. The van der Waals surface area contributed by atoms with E-state index in [1.54, 1.807) is 7.11 Å². The Labute approximate surface area is 147 Å². The van der Waals surface area contributed by atoms with E-state index in [-0.39, 0.29) is 11.7 Å². The van der Waals surface area contributed by atoms with Crippen molar-refractivity contribution < 1.29 is 9.53 Å². The number of benzene rings is 2. The molecule has 3 rings (SSSR count). The van der Waals surface area contributed by atoms with Gasteiger partial charge in [0.2, 0.25) is 0 Å². The van der Waals surface area contributed by atoms with E-state index in [0.29, 0.717) is 0 Å². The molecule has 0 amide bonds. The van der Waals surface area contributed by atoms with Crippen LogP contribution < -0.4 is 4.74 Å². The number of rotatable bonds is 4. The minimum absolute atomic E-state index is 0.0682. The molecule has 1 fully saturated rings. The van der Waals surface area contributed by atoms with Crippen molar-refractivity contribution in [2.75, 3.05) is 7.11 Å². The Morgan fingerprint density at radius 1 is 1.05 bits per heavy atom. The molecule has 1 aliphatic carbocycles. The lowest BCUT2D eigenvalue weighted by molar-refractivity contribution is 0.0908. The molecule has 2 aromatic carbocycles. The van der Waals surface area contributed by atoms with Gasteiger partial charge in [0.25, 0.3) is 0 Å². The summed E-state index contributed by atoms with van der Waals surface area (Å²) < 4.78 is 4.78. The van der Waals surface area contributed by atoms with Gasteiger partial charge >= 0.3 is 0 Å². The van der Waals surface area contributed by atoms with Crippen LogP contribution >= 0.6 is 31.9 Å². The summed E-state index contributed by atoms with van der Waals surface area (Å²) in [6.07, 6.45) is 0. The highest BCUT2D eigenvalue weighted by Gasteiger charge is 2.76. The molecule has 0 aromatic heterocycles. The number of hydrogen-bond acceptors (Lipinski definition) is 2. The van der Waals surface area contributed by atoms with Crippen LogP contribution in [-0.4, -0.2) is 16.1 Å². The normalized spacial score (nSPS) is 25.5. The number of Topliss-reactive ketones (excluding diaryl/α,β-unsaturated/α-hetero) is 1. The molecule has 1 saturated carbocycles. The zero-order valence-corrected chi connectivity index (χ0v) is 15.5.